The van der Waals surface area contributed by atoms with Crippen LogP contribution in [0.2, 0.25) is 72.5 Å². The van der Waals surface area contributed by atoms with E-state index in [9.17, 15) is 4.79 Å². The quantitative estimate of drug-likeness (QED) is 0.0622. The molecule has 0 aromatic rings. The molecule has 0 N–H and O–H groups in total. The Kier molecular flexibility index (Phi) is 19.0. The number of methoxy groups -OCH3 is 1. The summed E-state index contributed by atoms with van der Waals surface area (Å²) in [4.78, 5) is 12.1. The Bertz CT molecular complexity index is 978. The number of hydrogen-bond acceptors (Lipinski definition) is 6. The van der Waals surface area contributed by atoms with Crippen LogP contribution in [0.15, 0.2) is 12.2 Å². The summed E-state index contributed by atoms with van der Waals surface area (Å²) < 4.78 is 33.8. The van der Waals surface area contributed by atoms with Crippen molar-refractivity contribution in [1.29, 1.82) is 0 Å². The van der Waals surface area contributed by atoms with Crippen molar-refractivity contribution in [2.75, 3.05) is 13.7 Å². The van der Waals surface area contributed by atoms with Gasteiger partial charge in [0.25, 0.3) is 0 Å². The van der Waals surface area contributed by atoms with E-state index in [1.54, 1.807) is 0 Å². The fourth-order valence-electron chi connectivity index (χ4n) is 6.89. The molecule has 0 unspecified atom stereocenters. The number of carbonyl (C=O) groups is 1. The maximum absolute atomic E-state index is 12.1. The molecule has 0 radical (unpaired) electrons. The van der Waals surface area contributed by atoms with E-state index in [-0.39, 0.29) is 40.3 Å². The minimum Gasteiger partial charge on any atom is -0.469 e. The lowest BCUT2D eigenvalue weighted by Crippen LogP contribution is -2.45. The molecular weight excluding hydrogens is 677 g/mol. The lowest BCUT2D eigenvalue weighted by Gasteiger charge is -2.40. The third-order valence-electron chi connectivity index (χ3n) is 13.1. The van der Waals surface area contributed by atoms with Crippen LogP contribution in [0.1, 0.15) is 115 Å². The van der Waals surface area contributed by atoms with Gasteiger partial charge >= 0.3 is 5.97 Å². The van der Waals surface area contributed by atoms with Crippen LogP contribution in [0.5, 0.6) is 0 Å². The van der Waals surface area contributed by atoms with Crippen LogP contribution in [0.4, 0.5) is 0 Å². The maximum atomic E-state index is 12.1. The first-order valence-corrected chi connectivity index (χ1v) is 30.9. The van der Waals surface area contributed by atoms with E-state index in [2.05, 4.69) is 121 Å². The van der Waals surface area contributed by atoms with Crippen LogP contribution in [0, 0.1) is 11.8 Å². The molecule has 1 saturated carbocycles. The summed E-state index contributed by atoms with van der Waals surface area (Å²) in [7, 11) is -6.25. The summed E-state index contributed by atoms with van der Waals surface area (Å²) >= 11 is 0. The predicted octanol–water partition coefficient (Wildman–Crippen LogP) is 12.1. The summed E-state index contributed by atoms with van der Waals surface area (Å²) in [6.45, 7) is 38.1. The topological polar surface area (TPSA) is 63.2 Å². The Morgan fingerprint density at radius 1 is 0.755 bits per heavy atom. The van der Waals surface area contributed by atoms with Crippen LogP contribution in [0.3, 0.4) is 0 Å². The number of esters is 1. The molecule has 5 atom stereocenters. The van der Waals surface area contributed by atoms with E-state index >= 15 is 0 Å². The van der Waals surface area contributed by atoms with Crippen LogP contribution in [0.25, 0.3) is 0 Å². The highest BCUT2D eigenvalue weighted by Crippen LogP contribution is 2.47. The Balaban J connectivity index is 3.72. The second-order valence-electron chi connectivity index (χ2n) is 17.9. The zero-order valence-electron chi connectivity index (χ0n) is 35.5. The van der Waals surface area contributed by atoms with Crippen molar-refractivity contribution in [3.63, 3.8) is 0 Å². The van der Waals surface area contributed by atoms with Gasteiger partial charge in [0.05, 0.1) is 25.4 Å². The van der Waals surface area contributed by atoms with Crippen LogP contribution >= 0.6 is 0 Å². The van der Waals surface area contributed by atoms with E-state index in [1.165, 1.54) is 25.2 Å². The zero-order chi connectivity index (χ0) is 37.9. The van der Waals surface area contributed by atoms with E-state index in [4.69, 9.17) is 22.4 Å². The minimum atomic E-state index is -2.07. The third kappa shape index (κ3) is 13.4. The molecule has 0 bridgehead atoms. The highest BCUT2D eigenvalue weighted by molar-refractivity contribution is 6.75. The fraction of sp³-hybridized carbons (Fsp3) is 0.923. The zero-order valence-corrected chi connectivity index (χ0v) is 39.5. The number of ether oxygens (including phenoxy) is 1. The largest absolute Gasteiger partial charge is 0.469 e. The highest BCUT2D eigenvalue weighted by Gasteiger charge is 2.50. The van der Waals surface area contributed by atoms with Crippen molar-refractivity contribution in [2.24, 2.45) is 11.8 Å². The van der Waals surface area contributed by atoms with Crippen LogP contribution in [-0.2, 0) is 27.2 Å². The fourth-order valence-corrected chi connectivity index (χ4v) is 15.1. The molecule has 0 amide bonds. The number of carbonyl (C=O) groups excluding carboxylic acids is 1. The van der Waals surface area contributed by atoms with Crippen LogP contribution < -0.4 is 0 Å². The third-order valence-corrected chi connectivity index (χ3v) is 31.5. The van der Waals surface area contributed by atoms with Crippen molar-refractivity contribution < 1.29 is 27.2 Å². The van der Waals surface area contributed by atoms with E-state index < -0.39 is 33.3 Å². The number of hydrogen-bond donors (Lipinski definition) is 0. The van der Waals surface area contributed by atoms with Gasteiger partial charge in [0.2, 0.25) is 0 Å². The second kappa shape index (κ2) is 19.8. The van der Waals surface area contributed by atoms with Gasteiger partial charge in [0, 0.05) is 18.9 Å². The van der Waals surface area contributed by atoms with Gasteiger partial charge < -0.3 is 22.4 Å². The summed E-state index contributed by atoms with van der Waals surface area (Å²) in [5.74, 6) is 0.380. The molecule has 0 aromatic carbocycles. The smallest absolute Gasteiger partial charge is 0.305 e. The van der Waals surface area contributed by atoms with Gasteiger partial charge in [-0.3, -0.25) is 4.79 Å². The summed E-state index contributed by atoms with van der Waals surface area (Å²) in [5, 5.41) is 0.203. The first-order chi connectivity index (χ1) is 22.6. The summed E-state index contributed by atoms with van der Waals surface area (Å²) in [6, 6.07) is 6.94. The molecule has 1 aliphatic carbocycles. The molecule has 0 heterocycles. The monoisotopic (exact) mass is 759 g/mol. The van der Waals surface area contributed by atoms with Crippen molar-refractivity contribution >= 4 is 39.2 Å². The van der Waals surface area contributed by atoms with Gasteiger partial charge in [-0.15, -0.1) is 0 Å². The van der Waals surface area contributed by atoms with Crippen molar-refractivity contribution in [2.45, 2.75) is 206 Å². The molecule has 0 aromatic heterocycles. The standard InChI is InChI=1S/C39H82O6Si4/c1-18-48(19-2,20-3)42-30-29-34-33(28-27-32(25-24-26-37(40)41-13)43-46(14,15)38(7,8)9)35(44-47(16,17)39(10,11)12)31-36(34)45-49(21-4,22-5)23-6/h27-28,32-36H,18-26,29-31H2,1-17H3/b28-27+/t32-,33+,34-,35-,36+/m0/s1. The molecule has 0 aliphatic heterocycles. The van der Waals surface area contributed by atoms with Gasteiger partial charge in [0.15, 0.2) is 33.3 Å². The SMILES string of the molecule is CC[Si](CC)(CC)OCC[C@H]1[C@@H](/C=C/[C@H](CCCC(=O)OC)O[Si](C)(C)C(C)(C)C)[C@@H](O[Si](C)(C)C(C)(C)C)C[C@H]1O[Si](CC)(CC)CC. The first-order valence-electron chi connectivity index (χ1n) is 20.0. The molecule has 1 rings (SSSR count). The first kappa shape index (κ1) is 46.9. The van der Waals surface area contributed by atoms with Crippen molar-refractivity contribution in [1.82, 2.24) is 0 Å². The average molecular weight is 759 g/mol. The van der Waals surface area contributed by atoms with Crippen LogP contribution in [-0.4, -0.2) is 71.3 Å². The summed E-state index contributed by atoms with van der Waals surface area (Å²) in [6.07, 6.45) is 8.87. The van der Waals surface area contributed by atoms with Crippen molar-refractivity contribution in [3.05, 3.63) is 12.2 Å². The molecule has 49 heavy (non-hydrogen) atoms. The summed E-state index contributed by atoms with van der Waals surface area (Å²) in [5.41, 5.74) is 0. The van der Waals surface area contributed by atoms with Gasteiger partial charge in [-0.05, 0) is 104 Å². The normalized spacial score (nSPS) is 22.2. The lowest BCUT2D eigenvalue weighted by molar-refractivity contribution is -0.140. The Hall–Kier alpha value is -0.0825. The van der Waals surface area contributed by atoms with E-state index in [0.29, 0.717) is 12.3 Å². The maximum Gasteiger partial charge on any atom is 0.305 e. The highest BCUT2D eigenvalue weighted by atomic mass is 28.4. The molecule has 10 heteroatoms. The Morgan fingerprint density at radius 2 is 1.27 bits per heavy atom. The number of rotatable bonds is 22. The molecule has 0 saturated heterocycles. The Labute approximate surface area is 309 Å². The second-order valence-corrected chi connectivity index (χ2v) is 37.0. The van der Waals surface area contributed by atoms with Gasteiger partial charge in [0.1, 0.15) is 0 Å². The van der Waals surface area contributed by atoms with Gasteiger partial charge in [-0.2, -0.15) is 0 Å². The molecular formula is C39H82O6Si4. The molecule has 290 valence electrons. The molecule has 0 spiro atoms. The molecule has 1 aliphatic rings. The molecule has 6 nitrogen and oxygen atoms in total. The predicted molar refractivity (Wildman–Crippen MR) is 221 cm³/mol. The molecule has 1 fully saturated rings. The Morgan fingerprint density at radius 3 is 1.71 bits per heavy atom. The van der Waals surface area contributed by atoms with E-state index in [0.717, 1.165) is 50.4 Å². The minimum absolute atomic E-state index is 0.0633. The average Bonchev–Trinajstić information content (AvgIpc) is 3.33. The lowest BCUT2D eigenvalue weighted by atomic mass is 9.90. The van der Waals surface area contributed by atoms with Gasteiger partial charge in [-0.1, -0.05) is 95.2 Å². The van der Waals surface area contributed by atoms with E-state index in [1.807, 2.05) is 0 Å². The van der Waals surface area contributed by atoms with Crippen molar-refractivity contribution in [3.8, 4) is 0 Å². The van der Waals surface area contributed by atoms with Gasteiger partial charge in [-0.25, -0.2) is 0 Å².